The van der Waals surface area contributed by atoms with Crippen LogP contribution in [0.1, 0.15) is 85.4 Å². The van der Waals surface area contributed by atoms with E-state index >= 15 is 0 Å². The first-order valence-corrected chi connectivity index (χ1v) is 9.08. The van der Waals surface area contributed by atoms with Gasteiger partial charge in [-0.3, -0.25) is 14.4 Å². The number of hydrogen-bond donors (Lipinski definition) is 1. The number of esters is 3. The summed E-state index contributed by atoms with van der Waals surface area (Å²) in [6, 6.07) is -0.866. The van der Waals surface area contributed by atoms with Gasteiger partial charge in [0.1, 0.15) is 6.04 Å². The minimum Gasteiger partial charge on any atom is -1.00 e. The summed E-state index contributed by atoms with van der Waals surface area (Å²) in [7, 11) is 1.23. The Kier molecular flexibility index (Phi) is 19.7. The molecular weight excluding hydrogens is 333 g/mol. The smallest absolute Gasteiger partial charge is 1.00 e. The zero-order chi connectivity index (χ0) is 18.2. The van der Waals surface area contributed by atoms with Gasteiger partial charge < -0.3 is 16.6 Å². The van der Waals surface area contributed by atoms with E-state index in [1.165, 1.54) is 45.6 Å². The molecule has 0 aromatic carbocycles. The van der Waals surface area contributed by atoms with Crippen LogP contribution in [0.25, 0.3) is 0 Å². The fourth-order valence-corrected chi connectivity index (χ4v) is 2.35. The third-order valence-electron chi connectivity index (χ3n) is 3.88. The molecular formula is C18H34NNaO5. The molecule has 0 bridgehead atoms. The molecule has 6 nitrogen and oxygen atoms in total. The van der Waals surface area contributed by atoms with Crippen molar-refractivity contribution < 1.29 is 54.8 Å². The van der Waals surface area contributed by atoms with Crippen molar-refractivity contribution in [3.05, 3.63) is 0 Å². The second-order valence-electron chi connectivity index (χ2n) is 6.09. The molecule has 0 amide bonds. The van der Waals surface area contributed by atoms with Gasteiger partial charge in [0.2, 0.25) is 0 Å². The first-order chi connectivity index (χ1) is 11.5. The second kappa shape index (κ2) is 18.4. The molecule has 0 fully saturated rings. The van der Waals surface area contributed by atoms with Crippen LogP contribution >= 0.6 is 0 Å². The monoisotopic (exact) mass is 367 g/mol. The number of carbonyl (C=O) groups excluding carboxylic acids is 3. The van der Waals surface area contributed by atoms with E-state index < -0.39 is 23.9 Å². The molecule has 0 aromatic heterocycles. The SMILES string of the molecule is CCCCCCCCCCCC(=O)OC(=O)CC[C@H](N)C(=O)OC.[H-].[Na+]. The van der Waals surface area contributed by atoms with E-state index in [1.54, 1.807) is 0 Å². The normalized spacial score (nSPS) is 11.3. The summed E-state index contributed by atoms with van der Waals surface area (Å²) in [5, 5.41) is 0. The van der Waals surface area contributed by atoms with Crippen molar-refractivity contribution in [2.75, 3.05) is 7.11 Å². The number of unbranched alkanes of at least 4 members (excludes halogenated alkanes) is 8. The molecule has 142 valence electrons. The van der Waals surface area contributed by atoms with Crippen LogP contribution in [-0.2, 0) is 23.9 Å². The average Bonchev–Trinajstić information content (AvgIpc) is 2.57. The number of rotatable bonds is 14. The molecule has 0 rings (SSSR count). The van der Waals surface area contributed by atoms with Gasteiger partial charge in [-0.15, -0.1) is 0 Å². The number of carbonyl (C=O) groups is 3. The molecule has 0 radical (unpaired) electrons. The van der Waals surface area contributed by atoms with E-state index in [4.69, 9.17) is 10.5 Å². The first-order valence-electron chi connectivity index (χ1n) is 9.08. The van der Waals surface area contributed by atoms with Crippen LogP contribution in [-0.4, -0.2) is 31.1 Å². The molecule has 1 atom stereocenters. The van der Waals surface area contributed by atoms with Gasteiger partial charge in [0.25, 0.3) is 0 Å². The summed E-state index contributed by atoms with van der Waals surface area (Å²) < 4.78 is 9.16. The Morgan fingerprint density at radius 1 is 0.880 bits per heavy atom. The van der Waals surface area contributed by atoms with Gasteiger partial charge >= 0.3 is 47.5 Å². The molecule has 0 spiro atoms. The predicted octanol–water partition coefficient (Wildman–Crippen LogP) is 0.374. The van der Waals surface area contributed by atoms with Gasteiger partial charge in [-0.05, 0) is 12.8 Å². The Hall–Kier alpha value is -0.430. The van der Waals surface area contributed by atoms with E-state index in [-0.39, 0.29) is 50.2 Å². The zero-order valence-electron chi connectivity index (χ0n) is 17.2. The molecule has 0 unspecified atom stereocenters. The fraction of sp³-hybridized carbons (Fsp3) is 0.833. The molecule has 2 N–H and O–H groups in total. The van der Waals surface area contributed by atoms with Gasteiger partial charge in [0.15, 0.2) is 0 Å². The van der Waals surface area contributed by atoms with Gasteiger partial charge in [-0.25, -0.2) is 0 Å². The number of nitrogens with two attached hydrogens (primary N) is 1. The molecule has 0 saturated heterocycles. The van der Waals surface area contributed by atoms with Crippen LogP contribution < -0.4 is 35.3 Å². The number of hydrogen-bond acceptors (Lipinski definition) is 6. The Bertz CT molecular complexity index is 383. The minimum absolute atomic E-state index is 0. The fourth-order valence-electron chi connectivity index (χ4n) is 2.35. The summed E-state index contributed by atoms with van der Waals surface area (Å²) in [5.41, 5.74) is 5.50. The van der Waals surface area contributed by atoms with E-state index in [0.717, 1.165) is 19.3 Å². The molecule has 0 aromatic rings. The van der Waals surface area contributed by atoms with Crippen LogP contribution in [0.15, 0.2) is 0 Å². The Labute approximate surface area is 175 Å². The van der Waals surface area contributed by atoms with Crippen LogP contribution in [0.3, 0.4) is 0 Å². The maximum atomic E-state index is 11.5. The van der Waals surface area contributed by atoms with E-state index in [9.17, 15) is 14.4 Å². The summed E-state index contributed by atoms with van der Waals surface area (Å²) in [6.07, 6.45) is 10.7. The van der Waals surface area contributed by atoms with Crippen molar-refractivity contribution in [1.82, 2.24) is 0 Å². The van der Waals surface area contributed by atoms with Gasteiger partial charge in [0, 0.05) is 12.8 Å². The molecule has 0 aliphatic heterocycles. The molecule has 0 heterocycles. The van der Waals surface area contributed by atoms with Crippen molar-refractivity contribution in [2.24, 2.45) is 5.73 Å². The standard InChI is InChI=1S/C18H33NO5.Na.H/c1-3-4-5-6-7-8-9-10-11-12-16(20)24-17(21)14-13-15(19)18(22)23-2;;/h15H,3-14,19H2,1-2H3;;/q;+1;-1/t15-;;/m0../s1. The Balaban J connectivity index is -0.00000264. The van der Waals surface area contributed by atoms with Crippen molar-refractivity contribution >= 4 is 17.9 Å². The zero-order valence-corrected chi connectivity index (χ0v) is 18.2. The molecule has 0 aliphatic carbocycles. The van der Waals surface area contributed by atoms with Crippen molar-refractivity contribution in [1.29, 1.82) is 0 Å². The van der Waals surface area contributed by atoms with Gasteiger partial charge in [-0.2, -0.15) is 0 Å². The predicted molar refractivity (Wildman–Crippen MR) is 93.3 cm³/mol. The molecule has 7 heteroatoms. The van der Waals surface area contributed by atoms with Gasteiger partial charge in [0.05, 0.1) is 7.11 Å². The number of ether oxygens (including phenoxy) is 2. The Morgan fingerprint density at radius 3 is 1.88 bits per heavy atom. The quantitative estimate of drug-likeness (QED) is 0.206. The maximum Gasteiger partial charge on any atom is 1.00 e. The van der Waals surface area contributed by atoms with E-state index in [1.807, 2.05) is 0 Å². The average molecular weight is 367 g/mol. The summed E-state index contributed by atoms with van der Waals surface area (Å²) in [4.78, 5) is 34.1. The van der Waals surface area contributed by atoms with Crippen LogP contribution in [0.2, 0.25) is 0 Å². The summed E-state index contributed by atoms with van der Waals surface area (Å²) in [5.74, 6) is -1.73. The van der Waals surface area contributed by atoms with Crippen molar-refractivity contribution in [3.8, 4) is 0 Å². The Morgan fingerprint density at radius 2 is 1.36 bits per heavy atom. The topological polar surface area (TPSA) is 95.7 Å². The van der Waals surface area contributed by atoms with Crippen LogP contribution in [0, 0.1) is 0 Å². The van der Waals surface area contributed by atoms with Crippen molar-refractivity contribution in [2.45, 2.75) is 90.0 Å². The summed E-state index contributed by atoms with van der Waals surface area (Å²) in [6.45, 7) is 2.21. The van der Waals surface area contributed by atoms with E-state index in [0.29, 0.717) is 0 Å². The molecule has 0 saturated carbocycles. The third kappa shape index (κ3) is 16.8. The molecule has 0 aliphatic rings. The summed E-state index contributed by atoms with van der Waals surface area (Å²) >= 11 is 0. The third-order valence-corrected chi connectivity index (χ3v) is 3.88. The van der Waals surface area contributed by atoms with Crippen LogP contribution in [0.4, 0.5) is 0 Å². The second-order valence-corrected chi connectivity index (χ2v) is 6.09. The van der Waals surface area contributed by atoms with Gasteiger partial charge in [-0.1, -0.05) is 58.3 Å². The number of methoxy groups -OCH3 is 1. The maximum absolute atomic E-state index is 11.5. The van der Waals surface area contributed by atoms with Crippen molar-refractivity contribution in [3.63, 3.8) is 0 Å². The van der Waals surface area contributed by atoms with Crippen LogP contribution in [0.5, 0.6) is 0 Å². The first kappa shape index (κ1) is 26.8. The molecule has 25 heavy (non-hydrogen) atoms. The largest absolute Gasteiger partial charge is 1.00 e. The minimum atomic E-state index is -0.866. The van der Waals surface area contributed by atoms with E-state index in [2.05, 4.69) is 11.7 Å².